The molecule has 1 aliphatic rings. The Morgan fingerprint density at radius 3 is 2.70 bits per heavy atom. The summed E-state index contributed by atoms with van der Waals surface area (Å²) >= 11 is 0. The van der Waals surface area contributed by atoms with Gasteiger partial charge in [0.1, 0.15) is 0 Å². The molecular weight excluding hydrogens is 284 g/mol. The van der Waals surface area contributed by atoms with E-state index in [9.17, 15) is 4.79 Å². The Labute approximate surface area is 140 Å². The molecule has 1 atom stereocenters. The number of fused-ring (bicyclic) bond motifs is 1. The molecule has 0 fully saturated rings. The second kappa shape index (κ2) is 6.74. The lowest BCUT2D eigenvalue weighted by Crippen LogP contribution is -2.35. The van der Waals surface area contributed by atoms with Gasteiger partial charge in [-0.25, -0.2) is 0 Å². The molecule has 0 heterocycles. The number of hydrogen-bond acceptors (Lipinski definition) is 2. The van der Waals surface area contributed by atoms with E-state index in [1.165, 1.54) is 5.56 Å². The molecule has 2 rings (SSSR count). The molecule has 0 N–H and O–H groups in total. The SMILES string of the molecule is C=CCc1cccc2c1C(CCCC)(OC(=O)C(C)(C)C)C=C2. The number of hydrogen-bond donors (Lipinski definition) is 0. The standard InChI is InChI=1S/C21H28O2/c1-6-8-14-21(23-19(22)20(3,4)5)15-13-17-12-9-11-16(10-7-2)18(17)21/h7,9,11-13,15H,2,6,8,10,14H2,1,3-5H3. The average Bonchev–Trinajstić information content (AvgIpc) is 2.85. The minimum Gasteiger partial charge on any atom is -0.449 e. The Hall–Kier alpha value is -1.83. The van der Waals surface area contributed by atoms with E-state index in [0.717, 1.165) is 36.8 Å². The first-order valence-corrected chi connectivity index (χ1v) is 8.50. The van der Waals surface area contributed by atoms with Gasteiger partial charge in [0.25, 0.3) is 0 Å². The average molecular weight is 312 g/mol. The molecule has 0 amide bonds. The summed E-state index contributed by atoms with van der Waals surface area (Å²) in [6.45, 7) is 11.7. The van der Waals surface area contributed by atoms with E-state index in [0.29, 0.717) is 0 Å². The van der Waals surface area contributed by atoms with Crippen LogP contribution in [0.1, 0.15) is 63.6 Å². The van der Waals surface area contributed by atoms with Crippen LogP contribution < -0.4 is 0 Å². The van der Waals surface area contributed by atoms with Crippen molar-refractivity contribution in [1.29, 1.82) is 0 Å². The first-order valence-electron chi connectivity index (χ1n) is 8.50. The third-order valence-electron chi connectivity index (χ3n) is 4.29. The predicted molar refractivity (Wildman–Crippen MR) is 96.1 cm³/mol. The van der Waals surface area contributed by atoms with Crippen LogP contribution in [-0.4, -0.2) is 5.97 Å². The fourth-order valence-corrected chi connectivity index (χ4v) is 3.01. The number of unbranched alkanes of at least 4 members (excludes halogenated alkanes) is 1. The molecule has 0 aromatic heterocycles. The molecule has 1 aliphatic carbocycles. The van der Waals surface area contributed by atoms with E-state index < -0.39 is 11.0 Å². The maximum absolute atomic E-state index is 12.6. The third kappa shape index (κ3) is 3.57. The monoisotopic (exact) mass is 312 g/mol. The normalized spacial score (nSPS) is 19.5. The number of benzene rings is 1. The largest absolute Gasteiger partial charge is 0.449 e. The van der Waals surface area contributed by atoms with Crippen LogP contribution in [0.25, 0.3) is 6.08 Å². The van der Waals surface area contributed by atoms with Gasteiger partial charge in [0.05, 0.1) is 5.41 Å². The van der Waals surface area contributed by atoms with Gasteiger partial charge in [0.2, 0.25) is 0 Å². The number of carbonyl (C=O) groups is 1. The van der Waals surface area contributed by atoms with E-state index in [1.54, 1.807) is 0 Å². The number of carbonyl (C=O) groups excluding carboxylic acids is 1. The summed E-state index contributed by atoms with van der Waals surface area (Å²) in [6, 6.07) is 6.26. The minimum absolute atomic E-state index is 0.153. The molecule has 0 aliphatic heterocycles. The Morgan fingerprint density at radius 1 is 1.35 bits per heavy atom. The number of allylic oxidation sites excluding steroid dienone is 1. The highest BCUT2D eigenvalue weighted by atomic mass is 16.6. The van der Waals surface area contributed by atoms with Gasteiger partial charge in [-0.3, -0.25) is 4.79 Å². The highest BCUT2D eigenvalue weighted by Gasteiger charge is 2.41. The van der Waals surface area contributed by atoms with Crippen molar-refractivity contribution in [3.63, 3.8) is 0 Å². The van der Waals surface area contributed by atoms with Crippen LogP contribution >= 0.6 is 0 Å². The van der Waals surface area contributed by atoms with Crippen LogP contribution in [0.2, 0.25) is 0 Å². The molecule has 0 saturated carbocycles. The molecule has 0 radical (unpaired) electrons. The van der Waals surface area contributed by atoms with Crippen molar-refractivity contribution in [2.75, 3.05) is 0 Å². The number of rotatable bonds is 6. The van der Waals surface area contributed by atoms with Crippen LogP contribution in [0.3, 0.4) is 0 Å². The zero-order valence-corrected chi connectivity index (χ0v) is 14.8. The van der Waals surface area contributed by atoms with Crippen molar-refractivity contribution in [2.24, 2.45) is 5.41 Å². The lowest BCUT2D eigenvalue weighted by atomic mass is 9.85. The molecule has 0 bridgehead atoms. The zero-order chi connectivity index (χ0) is 17.1. The van der Waals surface area contributed by atoms with Crippen molar-refractivity contribution >= 4 is 12.0 Å². The lowest BCUT2D eigenvalue weighted by molar-refractivity contribution is -0.166. The predicted octanol–water partition coefficient (Wildman–Crippen LogP) is 5.42. The van der Waals surface area contributed by atoms with Gasteiger partial charge < -0.3 is 4.74 Å². The van der Waals surface area contributed by atoms with E-state index in [1.807, 2.05) is 26.8 Å². The smallest absolute Gasteiger partial charge is 0.312 e. The zero-order valence-electron chi connectivity index (χ0n) is 14.8. The second-order valence-electron chi connectivity index (χ2n) is 7.34. The van der Waals surface area contributed by atoms with Crippen molar-refractivity contribution in [3.05, 3.63) is 53.6 Å². The lowest BCUT2D eigenvalue weighted by Gasteiger charge is -2.33. The molecule has 23 heavy (non-hydrogen) atoms. The molecule has 1 aromatic carbocycles. The van der Waals surface area contributed by atoms with E-state index in [4.69, 9.17) is 4.74 Å². The highest BCUT2D eigenvalue weighted by Crippen LogP contribution is 2.44. The quantitative estimate of drug-likeness (QED) is 0.518. The summed E-state index contributed by atoms with van der Waals surface area (Å²) in [5.74, 6) is -0.153. The Balaban J connectivity index is 2.48. The van der Waals surface area contributed by atoms with Gasteiger partial charge in [-0.1, -0.05) is 43.7 Å². The van der Waals surface area contributed by atoms with E-state index in [2.05, 4.69) is 43.9 Å². The van der Waals surface area contributed by atoms with Crippen molar-refractivity contribution in [3.8, 4) is 0 Å². The minimum atomic E-state index is -0.630. The van der Waals surface area contributed by atoms with Crippen molar-refractivity contribution < 1.29 is 9.53 Å². The summed E-state index contributed by atoms with van der Waals surface area (Å²) in [6.07, 6.45) is 9.77. The van der Waals surface area contributed by atoms with Crippen LogP contribution in [0.4, 0.5) is 0 Å². The van der Waals surface area contributed by atoms with Gasteiger partial charge in [0.15, 0.2) is 5.60 Å². The third-order valence-corrected chi connectivity index (χ3v) is 4.29. The fraction of sp³-hybridized carbons (Fsp3) is 0.476. The Bertz CT molecular complexity index is 619. The van der Waals surface area contributed by atoms with Gasteiger partial charge in [0, 0.05) is 5.56 Å². The molecular formula is C21H28O2. The maximum atomic E-state index is 12.6. The van der Waals surface area contributed by atoms with Crippen LogP contribution in [0.15, 0.2) is 36.9 Å². The summed E-state index contributed by atoms with van der Waals surface area (Å²) in [4.78, 5) is 12.6. The summed E-state index contributed by atoms with van der Waals surface area (Å²) < 4.78 is 6.12. The number of esters is 1. The summed E-state index contributed by atoms with van der Waals surface area (Å²) in [7, 11) is 0. The van der Waals surface area contributed by atoms with E-state index in [-0.39, 0.29) is 5.97 Å². The van der Waals surface area contributed by atoms with E-state index >= 15 is 0 Å². The molecule has 2 nitrogen and oxygen atoms in total. The second-order valence-corrected chi connectivity index (χ2v) is 7.34. The summed E-state index contributed by atoms with van der Waals surface area (Å²) in [5.41, 5.74) is 2.35. The topological polar surface area (TPSA) is 26.3 Å². The first kappa shape index (κ1) is 17.5. The van der Waals surface area contributed by atoms with Gasteiger partial charge in [-0.2, -0.15) is 0 Å². The molecule has 1 aromatic rings. The Morgan fingerprint density at radius 2 is 2.09 bits per heavy atom. The molecule has 2 heteroatoms. The van der Waals surface area contributed by atoms with Crippen LogP contribution in [0, 0.1) is 5.41 Å². The van der Waals surface area contributed by atoms with Crippen LogP contribution in [-0.2, 0) is 21.6 Å². The fourth-order valence-electron chi connectivity index (χ4n) is 3.01. The molecule has 124 valence electrons. The van der Waals surface area contributed by atoms with Gasteiger partial charge in [-0.05, 0) is 57.2 Å². The first-order chi connectivity index (χ1) is 10.8. The summed E-state index contributed by atoms with van der Waals surface area (Å²) in [5, 5.41) is 0. The maximum Gasteiger partial charge on any atom is 0.312 e. The molecule has 1 unspecified atom stereocenters. The van der Waals surface area contributed by atoms with Gasteiger partial charge >= 0.3 is 5.97 Å². The Kier molecular flexibility index (Phi) is 5.13. The molecule has 0 spiro atoms. The van der Waals surface area contributed by atoms with Gasteiger partial charge in [-0.15, -0.1) is 6.58 Å². The van der Waals surface area contributed by atoms with Crippen molar-refractivity contribution in [1.82, 2.24) is 0 Å². The highest BCUT2D eigenvalue weighted by molar-refractivity contribution is 5.78. The van der Waals surface area contributed by atoms with Crippen LogP contribution in [0.5, 0.6) is 0 Å². The number of ether oxygens (including phenoxy) is 1. The van der Waals surface area contributed by atoms with Crippen molar-refractivity contribution in [2.45, 2.75) is 59.0 Å². The molecule has 0 saturated heterocycles.